The normalized spacial score (nSPS) is 30.1. The number of aromatic nitrogens is 2. The Morgan fingerprint density at radius 2 is 2.29 bits per heavy atom. The van der Waals surface area contributed by atoms with E-state index in [9.17, 15) is 4.79 Å². The smallest absolute Gasteiger partial charge is 0.339 e. The number of fused-ring (bicyclic) bond motifs is 1. The summed E-state index contributed by atoms with van der Waals surface area (Å²) in [7, 11) is 0. The summed E-state index contributed by atoms with van der Waals surface area (Å²) in [5.74, 6) is -0.0137. The number of hydrogen-bond acceptors (Lipinski definition) is 5. The maximum absolute atomic E-state index is 11.0. The van der Waals surface area contributed by atoms with Crippen LogP contribution in [0.4, 0.5) is 5.95 Å². The van der Waals surface area contributed by atoms with E-state index in [1.54, 1.807) is 6.92 Å². The molecule has 0 amide bonds. The first-order valence-electron chi connectivity index (χ1n) is 7.36. The predicted octanol–water partition coefficient (Wildman–Crippen LogP) is 2.10. The van der Waals surface area contributed by atoms with E-state index in [1.165, 1.54) is 6.20 Å². The third-order valence-corrected chi connectivity index (χ3v) is 4.83. The molecule has 1 aromatic rings. The molecule has 1 saturated carbocycles. The first kappa shape index (κ1) is 14.3. The van der Waals surface area contributed by atoms with Crippen LogP contribution in [0.25, 0.3) is 0 Å². The third-order valence-electron chi connectivity index (χ3n) is 4.83. The van der Waals surface area contributed by atoms with Crippen molar-refractivity contribution in [2.75, 3.05) is 11.9 Å². The Kier molecular flexibility index (Phi) is 3.36. The second-order valence-corrected chi connectivity index (χ2v) is 6.54. The molecule has 6 nitrogen and oxygen atoms in total. The zero-order valence-corrected chi connectivity index (χ0v) is 12.6. The van der Waals surface area contributed by atoms with E-state index in [0.717, 1.165) is 19.4 Å². The molecule has 1 aliphatic carbocycles. The van der Waals surface area contributed by atoms with Gasteiger partial charge in [0, 0.05) is 30.2 Å². The number of carbonyl (C=O) groups is 1. The summed E-state index contributed by atoms with van der Waals surface area (Å²) < 4.78 is 5.88. The van der Waals surface area contributed by atoms with E-state index in [2.05, 4.69) is 29.1 Å². The number of nitrogens with one attached hydrogen (secondary N) is 1. The van der Waals surface area contributed by atoms with Crippen LogP contribution in [-0.4, -0.2) is 39.8 Å². The monoisotopic (exact) mass is 291 g/mol. The molecular formula is C15H21N3O3. The Balaban J connectivity index is 1.77. The highest BCUT2D eigenvalue weighted by Gasteiger charge is 2.58. The van der Waals surface area contributed by atoms with Gasteiger partial charge >= 0.3 is 5.97 Å². The molecule has 1 saturated heterocycles. The predicted molar refractivity (Wildman–Crippen MR) is 77.4 cm³/mol. The van der Waals surface area contributed by atoms with E-state index >= 15 is 0 Å². The van der Waals surface area contributed by atoms with Crippen molar-refractivity contribution in [1.82, 2.24) is 9.97 Å². The summed E-state index contributed by atoms with van der Waals surface area (Å²) in [5, 5.41) is 12.4. The molecule has 2 heterocycles. The van der Waals surface area contributed by atoms with Crippen LogP contribution in [0.5, 0.6) is 0 Å². The van der Waals surface area contributed by atoms with Crippen molar-refractivity contribution in [3.63, 3.8) is 0 Å². The van der Waals surface area contributed by atoms with Crippen molar-refractivity contribution >= 4 is 11.9 Å². The van der Waals surface area contributed by atoms with Gasteiger partial charge in [-0.15, -0.1) is 0 Å². The van der Waals surface area contributed by atoms with Gasteiger partial charge in [0.1, 0.15) is 0 Å². The Morgan fingerprint density at radius 1 is 1.52 bits per heavy atom. The third kappa shape index (κ3) is 2.27. The molecule has 3 unspecified atom stereocenters. The molecule has 0 radical (unpaired) electrons. The van der Waals surface area contributed by atoms with Crippen LogP contribution in [0.2, 0.25) is 0 Å². The topological polar surface area (TPSA) is 84.3 Å². The minimum Gasteiger partial charge on any atom is -0.478 e. The zero-order chi connectivity index (χ0) is 15.2. The minimum absolute atomic E-state index is 0.0355. The molecular weight excluding hydrogens is 270 g/mol. The number of aromatic carboxylic acids is 1. The number of ether oxygens (including phenoxy) is 1. The molecule has 3 rings (SSSR count). The molecule has 6 heteroatoms. The Labute approximate surface area is 123 Å². The van der Waals surface area contributed by atoms with Gasteiger partial charge in [-0.05, 0) is 19.8 Å². The van der Waals surface area contributed by atoms with E-state index in [1.807, 2.05) is 0 Å². The lowest BCUT2D eigenvalue weighted by molar-refractivity contribution is -0.177. The van der Waals surface area contributed by atoms with Crippen LogP contribution in [0.15, 0.2) is 6.20 Å². The van der Waals surface area contributed by atoms with Gasteiger partial charge < -0.3 is 15.2 Å². The van der Waals surface area contributed by atoms with Crippen molar-refractivity contribution in [2.45, 2.75) is 45.8 Å². The van der Waals surface area contributed by atoms with E-state index in [-0.39, 0.29) is 17.0 Å². The van der Waals surface area contributed by atoms with Crippen LogP contribution in [0, 0.1) is 18.3 Å². The van der Waals surface area contributed by atoms with Crippen LogP contribution < -0.4 is 5.32 Å². The molecule has 0 bridgehead atoms. The fourth-order valence-electron chi connectivity index (χ4n) is 3.70. The van der Waals surface area contributed by atoms with Crippen molar-refractivity contribution in [3.8, 4) is 0 Å². The van der Waals surface area contributed by atoms with Gasteiger partial charge in [0.15, 0.2) is 0 Å². The number of anilines is 1. The van der Waals surface area contributed by atoms with Gasteiger partial charge in [0.05, 0.1) is 17.4 Å². The fraction of sp³-hybridized carbons (Fsp3) is 0.667. The van der Waals surface area contributed by atoms with Crippen LogP contribution in [-0.2, 0) is 4.74 Å². The second kappa shape index (κ2) is 4.94. The maximum atomic E-state index is 11.0. The first-order chi connectivity index (χ1) is 9.91. The SMILES string of the molecule is Cc1nc(NC2C3CCCOC3C2(C)C)ncc1C(=O)O. The summed E-state index contributed by atoms with van der Waals surface area (Å²) in [6.45, 7) is 6.92. The molecule has 1 aliphatic heterocycles. The molecule has 114 valence electrons. The van der Waals surface area contributed by atoms with Crippen LogP contribution >= 0.6 is 0 Å². The molecule has 2 aliphatic rings. The maximum Gasteiger partial charge on any atom is 0.339 e. The van der Waals surface area contributed by atoms with Crippen molar-refractivity contribution in [1.29, 1.82) is 0 Å². The number of nitrogens with zero attached hydrogens (tertiary/aromatic N) is 2. The lowest BCUT2D eigenvalue weighted by atomic mass is 9.55. The minimum atomic E-state index is -0.997. The summed E-state index contributed by atoms with van der Waals surface area (Å²) >= 11 is 0. The van der Waals surface area contributed by atoms with Crippen molar-refractivity contribution in [2.24, 2.45) is 11.3 Å². The summed E-state index contributed by atoms with van der Waals surface area (Å²) in [4.78, 5) is 19.4. The average Bonchev–Trinajstić information content (AvgIpc) is 2.44. The van der Waals surface area contributed by atoms with E-state index < -0.39 is 5.97 Å². The average molecular weight is 291 g/mol. The highest BCUT2D eigenvalue weighted by Crippen LogP contribution is 2.52. The number of hydrogen-bond donors (Lipinski definition) is 2. The van der Waals surface area contributed by atoms with E-state index in [4.69, 9.17) is 9.84 Å². The van der Waals surface area contributed by atoms with Gasteiger partial charge in [-0.1, -0.05) is 13.8 Å². The highest BCUT2D eigenvalue weighted by molar-refractivity contribution is 5.88. The number of aryl methyl sites for hydroxylation is 1. The second-order valence-electron chi connectivity index (χ2n) is 6.54. The lowest BCUT2D eigenvalue weighted by Crippen LogP contribution is -2.67. The quantitative estimate of drug-likeness (QED) is 0.887. The van der Waals surface area contributed by atoms with Gasteiger partial charge in [-0.3, -0.25) is 0 Å². The first-order valence-corrected chi connectivity index (χ1v) is 7.36. The molecule has 3 atom stereocenters. The fourth-order valence-corrected chi connectivity index (χ4v) is 3.70. The highest BCUT2D eigenvalue weighted by atomic mass is 16.5. The zero-order valence-electron chi connectivity index (χ0n) is 12.6. The Hall–Kier alpha value is -1.69. The number of carboxylic acid groups (broad SMARTS) is 1. The van der Waals surface area contributed by atoms with Gasteiger partial charge in [0.25, 0.3) is 0 Å². The van der Waals surface area contributed by atoms with Crippen LogP contribution in [0.1, 0.15) is 42.7 Å². The van der Waals surface area contributed by atoms with E-state index in [0.29, 0.717) is 23.7 Å². The lowest BCUT2D eigenvalue weighted by Gasteiger charge is -2.59. The molecule has 0 spiro atoms. The molecule has 21 heavy (non-hydrogen) atoms. The number of carboxylic acids is 1. The van der Waals surface area contributed by atoms with Crippen molar-refractivity contribution in [3.05, 3.63) is 17.5 Å². The van der Waals surface area contributed by atoms with Gasteiger partial charge in [0.2, 0.25) is 5.95 Å². The number of rotatable bonds is 3. The summed E-state index contributed by atoms with van der Waals surface area (Å²) in [5.41, 5.74) is 0.661. The van der Waals surface area contributed by atoms with Gasteiger partial charge in [-0.2, -0.15) is 0 Å². The van der Waals surface area contributed by atoms with Crippen molar-refractivity contribution < 1.29 is 14.6 Å². The van der Waals surface area contributed by atoms with Gasteiger partial charge in [-0.25, -0.2) is 14.8 Å². The largest absolute Gasteiger partial charge is 0.478 e. The molecule has 2 fully saturated rings. The van der Waals surface area contributed by atoms with Crippen LogP contribution in [0.3, 0.4) is 0 Å². The summed E-state index contributed by atoms with van der Waals surface area (Å²) in [6, 6.07) is 0.262. The Bertz CT molecular complexity index is 573. The summed E-state index contributed by atoms with van der Waals surface area (Å²) in [6.07, 6.45) is 3.90. The molecule has 0 aromatic carbocycles. The molecule has 1 aromatic heterocycles. The Morgan fingerprint density at radius 3 is 2.95 bits per heavy atom. The molecule has 2 N–H and O–H groups in total. The standard InChI is InChI=1S/C15H21N3O3/c1-8-10(13(19)20)7-16-14(17-8)18-11-9-5-4-6-21-12(9)15(11,2)3/h7,9,11-12H,4-6H2,1-3H3,(H,19,20)(H,16,17,18).